The molecule has 0 aliphatic carbocycles. The van der Waals surface area contributed by atoms with Crippen molar-refractivity contribution in [3.8, 4) is 5.75 Å². The van der Waals surface area contributed by atoms with Crippen LogP contribution >= 0.6 is 0 Å². The molecular weight excluding hydrogens is 323 g/mol. The summed E-state index contributed by atoms with van der Waals surface area (Å²) in [5, 5.41) is 8.76. The molecule has 2 atom stereocenters. The lowest BCUT2D eigenvalue weighted by molar-refractivity contribution is 0.107. The van der Waals surface area contributed by atoms with Crippen LogP contribution in [-0.2, 0) is 24.2 Å². The Balaban J connectivity index is 1.62. The van der Waals surface area contributed by atoms with E-state index in [4.69, 9.17) is 9.47 Å². The van der Waals surface area contributed by atoms with Crippen molar-refractivity contribution in [1.29, 1.82) is 0 Å². The highest BCUT2D eigenvalue weighted by Gasteiger charge is 2.37. The van der Waals surface area contributed by atoms with Crippen LogP contribution < -0.4 is 4.74 Å². The van der Waals surface area contributed by atoms with Crippen molar-refractivity contribution in [3.05, 3.63) is 41.2 Å². The minimum atomic E-state index is -0.295. The van der Waals surface area contributed by atoms with Crippen molar-refractivity contribution in [1.82, 2.24) is 19.7 Å². The lowest BCUT2D eigenvalue weighted by Gasteiger charge is -2.24. The van der Waals surface area contributed by atoms with E-state index in [1.54, 1.807) is 13.2 Å². The summed E-state index contributed by atoms with van der Waals surface area (Å²) in [7, 11) is 3.22. The van der Waals surface area contributed by atoms with Gasteiger partial charge in [0.2, 0.25) is 0 Å². The summed E-state index contributed by atoms with van der Waals surface area (Å²) in [6.45, 7) is 2.21. The number of methoxy groups -OCH3 is 2. The van der Waals surface area contributed by atoms with Crippen molar-refractivity contribution in [2.45, 2.75) is 44.5 Å². The fourth-order valence-electron chi connectivity index (χ4n) is 3.95. The third-order valence-corrected chi connectivity index (χ3v) is 5.27. The molecule has 1 saturated heterocycles. The molecule has 1 aromatic carbocycles. The van der Waals surface area contributed by atoms with Gasteiger partial charge < -0.3 is 14.0 Å². The van der Waals surface area contributed by atoms with E-state index in [9.17, 15) is 4.39 Å². The summed E-state index contributed by atoms with van der Waals surface area (Å²) in [6.07, 6.45) is 3.06. The molecule has 1 aromatic heterocycles. The smallest absolute Gasteiger partial charge is 0.169 e. The molecule has 0 saturated carbocycles. The normalized spacial score (nSPS) is 23.2. The monoisotopic (exact) mass is 346 g/mol. The summed E-state index contributed by atoms with van der Waals surface area (Å²) in [5.41, 5.74) is 0.627. The van der Waals surface area contributed by atoms with Crippen LogP contribution in [0.2, 0.25) is 0 Å². The highest BCUT2D eigenvalue weighted by Crippen LogP contribution is 2.36. The zero-order chi connectivity index (χ0) is 17.4. The fraction of sp³-hybridized carbons (Fsp3) is 0.556. The summed E-state index contributed by atoms with van der Waals surface area (Å²) >= 11 is 0. The molecule has 0 radical (unpaired) electrons. The van der Waals surface area contributed by atoms with E-state index in [-0.39, 0.29) is 23.7 Å². The van der Waals surface area contributed by atoms with E-state index in [0.29, 0.717) is 12.1 Å². The Labute approximate surface area is 146 Å². The first-order valence-corrected chi connectivity index (χ1v) is 8.71. The van der Waals surface area contributed by atoms with Crippen molar-refractivity contribution < 1.29 is 13.9 Å². The minimum Gasteiger partial charge on any atom is -0.494 e. The second-order valence-electron chi connectivity index (χ2n) is 6.70. The lowest BCUT2D eigenvalue weighted by Crippen LogP contribution is -2.27. The molecular formula is C18H23FN4O2. The van der Waals surface area contributed by atoms with Gasteiger partial charge in [0.25, 0.3) is 0 Å². The third kappa shape index (κ3) is 2.91. The topological polar surface area (TPSA) is 52.4 Å². The second-order valence-corrected chi connectivity index (χ2v) is 6.70. The van der Waals surface area contributed by atoms with Crippen LogP contribution in [0.3, 0.4) is 0 Å². The van der Waals surface area contributed by atoms with Gasteiger partial charge in [-0.2, -0.15) is 0 Å². The van der Waals surface area contributed by atoms with Gasteiger partial charge in [-0.1, -0.05) is 12.1 Å². The lowest BCUT2D eigenvalue weighted by atomic mass is 10.1. The van der Waals surface area contributed by atoms with Gasteiger partial charge in [-0.3, -0.25) is 4.90 Å². The number of nitrogens with zero attached hydrogens (tertiary/aromatic N) is 4. The molecule has 0 amide bonds. The standard InChI is InChI=1S/C18H23FN4O2/c1-24-13-9-14(18-21-20-16-7-4-8-23(16)18)22(11-13)10-12-5-3-6-15(25-2)17(12)19/h3,5-6,13-14H,4,7-11H2,1-2H3/t13-,14+/m1/s1. The molecule has 2 aliphatic heterocycles. The first-order chi connectivity index (χ1) is 12.2. The number of benzene rings is 1. The van der Waals surface area contributed by atoms with Crippen LogP contribution in [0.1, 0.15) is 36.1 Å². The maximum Gasteiger partial charge on any atom is 0.169 e. The average Bonchev–Trinajstić information content (AvgIpc) is 3.32. The molecule has 2 aliphatic rings. The predicted octanol–water partition coefficient (Wildman–Crippen LogP) is 2.33. The Morgan fingerprint density at radius 3 is 2.96 bits per heavy atom. The van der Waals surface area contributed by atoms with E-state index in [1.165, 1.54) is 7.11 Å². The van der Waals surface area contributed by atoms with Crippen LogP contribution in [0.25, 0.3) is 0 Å². The van der Waals surface area contributed by atoms with E-state index in [1.807, 2.05) is 12.1 Å². The Kier molecular flexibility index (Phi) is 4.43. The first-order valence-electron chi connectivity index (χ1n) is 8.71. The Hall–Kier alpha value is -1.99. The molecule has 2 aromatic rings. The van der Waals surface area contributed by atoms with Crippen molar-refractivity contribution in [3.63, 3.8) is 0 Å². The molecule has 0 N–H and O–H groups in total. The van der Waals surface area contributed by atoms with E-state index < -0.39 is 0 Å². The molecule has 0 bridgehead atoms. The summed E-state index contributed by atoms with van der Waals surface area (Å²) in [6, 6.07) is 5.37. The van der Waals surface area contributed by atoms with Crippen molar-refractivity contribution in [2.75, 3.05) is 20.8 Å². The van der Waals surface area contributed by atoms with Gasteiger partial charge in [0.15, 0.2) is 17.4 Å². The number of fused-ring (bicyclic) bond motifs is 1. The van der Waals surface area contributed by atoms with Crippen LogP contribution in [-0.4, -0.2) is 46.5 Å². The van der Waals surface area contributed by atoms with Crippen molar-refractivity contribution >= 4 is 0 Å². The van der Waals surface area contributed by atoms with Gasteiger partial charge >= 0.3 is 0 Å². The first kappa shape index (κ1) is 16.5. The minimum absolute atomic E-state index is 0.0925. The molecule has 3 heterocycles. The number of rotatable bonds is 5. The Morgan fingerprint density at radius 2 is 2.16 bits per heavy atom. The van der Waals surface area contributed by atoms with Gasteiger partial charge in [0.05, 0.1) is 19.3 Å². The van der Waals surface area contributed by atoms with Crippen molar-refractivity contribution in [2.24, 2.45) is 0 Å². The molecule has 134 valence electrons. The number of halogens is 1. The van der Waals surface area contributed by atoms with Gasteiger partial charge in [-0.25, -0.2) is 4.39 Å². The number of likely N-dealkylation sites (tertiary alicyclic amines) is 1. The molecule has 7 heteroatoms. The summed E-state index contributed by atoms with van der Waals surface area (Å²) in [5.74, 6) is 2.02. The zero-order valence-corrected chi connectivity index (χ0v) is 14.6. The molecule has 1 fully saturated rings. The second kappa shape index (κ2) is 6.72. The highest BCUT2D eigenvalue weighted by molar-refractivity contribution is 5.31. The zero-order valence-electron chi connectivity index (χ0n) is 14.6. The highest BCUT2D eigenvalue weighted by atomic mass is 19.1. The van der Waals surface area contributed by atoms with E-state index in [2.05, 4.69) is 19.7 Å². The van der Waals surface area contributed by atoms with Gasteiger partial charge in [0, 0.05) is 38.7 Å². The number of ether oxygens (including phenoxy) is 2. The largest absolute Gasteiger partial charge is 0.494 e. The molecule has 4 rings (SSSR count). The van der Waals surface area contributed by atoms with Crippen LogP contribution in [0.15, 0.2) is 18.2 Å². The summed E-state index contributed by atoms with van der Waals surface area (Å²) < 4.78 is 27.5. The number of aromatic nitrogens is 3. The fourth-order valence-corrected chi connectivity index (χ4v) is 3.95. The average molecular weight is 346 g/mol. The van der Waals surface area contributed by atoms with E-state index >= 15 is 0 Å². The molecule has 25 heavy (non-hydrogen) atoms. The number of hydrogen-bond donors (Lipinski definition) is 0. The van der Waals surface area contributed by atoms with Gasteiger partial charge in [-0.15, -0.1) is 10.2 Å². The predicted molar refractivity (Wildman–Crippen MR) is 89.9 cm³/mol. The SMILES string of the molecule is COc1cccc(CN2C[C@H](OC)C[C@H]2c2nnc3n2CCC3)c1F. The van der Waals surface area contributed by atoms with E-state index in [0.717, 1.165) is 44.0 Å². The van der Waals surface area contributed by atoms with Gasteiger partial charge in [0.1, 0.15) is 5.82 Å². The Bertz CT molecular complexity index is 764. The Morgan fingerprint density at radius 1 is 1.28 bits per heavy atom. The summed E-state index contributed by atoms with van der Waals surface area (Å²) in [4.78, 5) is 2.24. The maximum atomic E-state index is 14.6. The third-order valence-electron chi connectivity index (χ3n) is 5.27. The molecule has 0 spiro atoms. The molecule has 6 nitrogen and oxygen atoms in total. The molecule has 0 unspecified atom stereocenters. The quantitative estimate of drug-likeness (QED) is 0.832. The maximum absolute atomic E-state index is 14.6. The van der Waals surface area contributed by atoms with Crippen LogP contribution in [0.4, 0.5) is 4.39 Å². The van der Waals surface area contributed by atoms with Crippen LogP contribution in [0, 0.1) is 5.82 Å². The van der Waals surface area contributed by atoms with Crippen LogP contribution in [0.5, 0.6) is 5.75 Å². The number of aryl methyl sites for hydroxylation is 1. The van der Waals surface area contributed by atoms with Gasteiger partial charge in [-0.05, 0) is 18.9 Å². The number of hydrogen-bond acceptors (Lipinski definition) is 5.